The van der Waals surface area contributed by atoms with Gasteiger partial charge in [0.25, 0.3) is 0 Å². The van der Waals surface area contributed by atoms with E-state index in [1.165, 1.54) is 29.2 Å². The number of hydrogen-bond donors (Lipinski definition) is 0. The Balaban J connectivity index is 1.88. The fourth-order valence-electron chi connectivity index (χ4n) is 4.21. The number of carbonyl (C=O) groups is 2. The first-order valence-corrected chi connectivity index (χ1v) is 9.09. The zero-order valence-electron chi connectivity index (χ0n) is 16.1. The van der Waals surface area contributed by atoms with Crippen LogP contribution in [0.25, 0.3) is 11.1 Å². The maximum atomic E-state index is 12.0. The molecule has 0 amide bonds. The average Bonchev–Trinajstić information content (AvgIpc) is 2.80. The molecule has 4 heteroatoms. The summed E-state index contributed by atoms with van der Waals surface area (Å²) in [6.07, 6.45) is 1.71. The minimum atomic E-state index is -0.413. The largest absolute Gasteiger partial charge is 0.427 e. The molecule has 0 saturated heterocycles. The molecule has 0 bridgehead atoms. The van der Waals surface area contributed by atoms with Crippen molar-refractivity contribution < 1.29 is 19.1 Å². The van der Waals surface area contributed by atoms with Gasteiger partial charge < -0.3 is 9.47 Å². The van der Waals surface area contributed by atoms with Crippen LogP contribution in [0.15, 0.2) is 36.4 Å². The van der Waals surface area contributed by atoms with Crippen molar-refractivity contribution >= 4 is 11.9 Å². The fraction of sp³-hybridized carbons (Fsp3) is 0.304. The van der Waals surface area contributed by atoms with Crippen LogP contribution in [-0.2, 0) is 27.8 Å². The fourth-order valence-corrected chi connectivity index (χ4v) is 4.21. The first-order valence-electron chi connectivity index (χ1n) is 9.09. The van der Waals surface area contributed by atoms with Crippen molar-refractivity contribution in [2.75, 3.05) is 0 Å². The van der Waals surface area contributed by atoms with Crippen molar-refractivity contribution in [1.82, 2.24) is 0 Å². The number of benzene rings is 2. The molecule has 2 aromatic carbocycles. The van der Waals surface area contributed by atoms with Gasteiger partial charge in [-0.1, -0.05) is 20.4 Å². The summed E-state index contributed by atoms with van der Waals surface area (Å²) < 4.78 is 10.9. The number of rotatable bonds is 3. The smallest absolute Gasteiger partial charge is 0.338 e. The van der Waals surface area contributed by atoms with Crippen molar-refractivity contribution in [2.24, 2.45) is 0 Å². The quantitative estimate of drug-likeness (QED) is 0.458. The van der Waals surface area contributed by atoms with Crippen LogP contribution < -0.4 is 9.47 Å². The van der Waals surface area contributed by atoms with Crippen LogP contribution in [0.1, 0.15) is 49.9 Å². The second-order valence-corrected chi connectivity index (χ2v) is 7.90. The van der Waals surface area contributed by atoms with E-state index in [-0.39, 0.29) is 11.4 Å². The predicted octanol–water partition coefficient (Wildman–Crippen LogP) is 4.50. The van der Waals surface area contributed by atoms with Gasteiger partial charge in [0.15, 0.2) is 0 Å². The van der Waals surface area contributed by atoms with Gasteiger partial charge in [0.1, 0.15) is 11.5 Å². The highest BCUT2D eigenvalue weighted by molar-refractivity contribution is 5.91. The molecule has 2 aromatic rings. The third kappa shape index (κ3) is 2.67. The van der Waals surface area contributed by atoms with Crippen molar-refractivity contribution in [3.63, 3.8) is 0 Å². The van der Waals surface area contributed by atoms with E-state index in [2.05, 4.69) is 20.4 Å². The summed E-state index contributed by atoms with van der Waals surface area (Å²) in [5.41, 5.74) is 7.26. The molecular weight excluding hydrogens is 340 g/mol. The lowest BCUT2D eigenvalue weighted by molar-refractivity contribution is -0.132. The van der Waals surface area contributed by atoms with Gasteiger partial charge in [-0.3, -0.25) is 4.79 Å². The molecule has 0 unspecified atom stereocenters. The van der Waals surface area contributed by atoms with Crippen molar-refractivity contribution in [2.45, 2.75) is 46.0 Å². The Hall–Kier alpha value is -2.88. The minimum absolute atomic E-state index is 0.277. The van der Waals surface area contributed by atoms with E-state index < -0.39 is 5.97 Å². The molecule has 0 fully saturated rings. The van der Waals surface area contributed by atoms with E-state index in [1.54, 1.807) is 6.92 Å². The zero-order chi connectivity index (χ0) is 19.5. The molecular formula is C23H22O4. The number of esters is 2. The Morgan fingerprint density at radius 3 is 1.81 bits per heavy atom. The van der Waals surface area contributed by atoms with E-state index in [4.69, 9.17) is 9.47 Å². The third-order valence-electron chi connectivity index (χ3n) is 5.47. The highest BCUT2D eigenvalue weighted by Crippen LogP contribution is 2.55. The molecule has 138 valence electrons. The summed E-state index contributed by atoms with van der Waals surface area (Å²) in [5.74, 6) is 0.417. The molecule has 0 heterocycles. The number of aryl methyl sites for hydroxylation is 2. The lowest BCUT2D eigenvalue weighted by Crippen LogP contribution is -2.16. The van der Waals surface area contributed by atoms with E-state index >= 15 is 0 Å². The van der Waals surface area contributed by atoms with Crippen LogP contribution in [-0.4, -0.2) is 11.9 Å². The van der Waals surface area contributed by atoms with Gasteiger partial charge in [-0.25, -0.2) is 4.79 Å². The Labute approximate surface area is 158 Å². The molecule has 0 radical (unpaired) electrons. The van der Waals surface area contributed by atoms with Crippen LogP contribution in [0.4, 0.5) is 0 Å². The van der Waals surface area contributed by atoms with Gasteiger partial charge >= 0.3 is 11.9 Å². The highest BCUT2D eigenvalue weighted by Gasteiger charge is 2.40. The summed E-state index contributed by atoms with van der Waals surface area (Å²) in [6.45, 7) is 11.0. The maximum absolute atomic E-state index is 12.0. The lowest BCUT2D eigenvalue weighted by Gasteiger charge is -2.22. The van der Waals surface area contributed by atoms with E-state index in [9.17, 15) is 9.59 Å². The molecule has 0 aromatic heterocycles. The highest BCUT2D eigenvalue weighted by atomic mass is 16.5. The SMILES string of the molecule is C=C(C)C(=O)Oc1cc2c3c(c1)C(C)(C)c1cc(OC(C)=O)cc(c1-3)CC2. The Morgan fingerprint density at radius 2 is 1.37 bits per heavy atom. The van der Waals surface area contributed by atoms with Gasteiger partial charge in [0, 0.05) is 17.9 Å². The summed E-state index contributed by atoms with van der Waals surface area (Å²) in [7, 11) is 0. The molecule has 4 rings (SSSR count). The van der Waals surface area contributed by atoms with Crippen molar-refractivity contribution in [1.29, 1.82) is 0 Å². The van der Waals surface area contributed by atoms with Gasteiger partial charge in [0.05, 0.1) is 0 Å². The maximum Gasteiger partial charge on any atom is 0.338 e. The molecule has 0 saturated carbocycles. The van der Waals surface area contributed by atoms with E-state index in [1.807, 2.05) is 24.3 Å². The van der Waals surface area contributed by atoms with E-state index in [0.29, 0.717) is 17.1 Å². The van der Waals surface area contributed by atoms with E-state index in [0.717, 1.165) is 24.0 Å². The molecule has 4 nitrogen and oxygen atoms in total. The molecule has 2 aliphatic carbocycles. The van der Waals surface area contributed by atoms with Crippen molar-refractivity contribution in [3.8, 4) is 22.6 Å². The van der Waals surface area contributed by atoms with Gasteiger partial charge in [-0.2, -0.15) is 0 Å². The Bertz CT molecular complexity index is 1030. The topological polar surface area (TPSA) is 52.6 Å². The van der Waals surface area contributed by atoms with Gasteiger partial charge in [-0.05, 0) is 77.4 Å². The lowest BCUT2D eigenvalue weighted by atomic mass is 9.82. The summed E-state index contributed by atoms with van der Waals surface area (Å²) in [6, 6.07) is 7.87. The predicted molar refractivity (Wildman–Crippen MR) is 103 cm³/mol. The molecule has 0 atom stereocenters. The first-order chi connectivity index (χ1) is 12.7. The standard InChI is InChI=1S/C23H22O4/c1-12(2)22(25)27-17-9-15-7-6-14-8-16(26-13(3)24)10-18-20(14)21(15)19(11-17)23(18,4)5/h8-11H,1,6-7H2,2-5H3. The molecule has 0 N–H and O–H groups in total. The summed E-state index contributed by atoms with van der Waals surface area (Å²) >= 11 is 0. The number of hydrogen-bond acceptors (Lipinski definition) is 4. The molecule has 27 heavy (non-hydrogen) atoms. The Morgan fingerprint density at radius 1 is 0.889 bits per heavy atom. The summed E-state index contributed by atoms with van der Waals surface area (Å²) in [5, 5.41) is 0. The van der Waals surface area contributed by atoms with Crippen LogP contribution in [0, 0.1) is 0 Å². The van der Waals surface area contributed by atoms with Crippen molar-refractivity contribution in [3.05, 3.63) is 58.7 Å². The molecule has 0 aliphatic heterocycles. The van der Waals surface area contributed by atoms with Crippen LogP contribution >= 0.6 is 0 Å². The van der Waals surface area contributed by atoms with Gasteiger partial charge in [-0.15, -0.1) is 0 Å². The van der Waals surface area contributed by atoms with Crippen LogP contribution in [0.2, 0.25) is 0 Å². The molecule has 0 spiro atoms. The van der Waals surface area contributed by atoms with Crippen LogP contribution in [0.3, 0.4) is 0 Å². The average molecular weight is 362 g/mol. The number of carbonyl (C=O) groups excluding carboxylic acids is 2. The van der Waals surface area contributed by atoms with Crippen LogP contribution in [0.5, 0.6) is 11.5 Å². The normalized spacial score (nSPS) is 15.1. The Kier molecular flexibility index (Phi) is 3.77. The molecule has 2 aliphatic rings. The monoisotopic (exact) mass is 362 g/mol. The second-order valence-electron chi connectivity index (χ2n) is 7.90. The summed E-state index contributed by atoms with van der Waals surface area (Å²) in [4.78, 5) is 23.4. The first kappa shape index (κ1) is 17.5. The third-order valence-corrected chi connectivity index (χ3v) is 5.47. The second kappa shape index (κ2) is 5.81. The zero-order valence-corrected chi connectivity index (χ0v) is 16.1. The minimum Gasteiger partial charge on any atom is -0.427 e. The number of ether oxygens (including phenoxy) is 2. The van der Waals surface area contributed by atoms with Gasteiger partial charge in [0.2, 0.25) is 0 Å².